The van der Waals surface area contributed by atoms with E-state index in [0.29, 0.717) is 19.6 Å². The van der Waals surface area contributed by atoms with Crippen LogP contribution in [0.4, 0.5) is 23.7 Å². The molecule has 1 aromatic rings. The molecule has 2 fully saturated rings. The number of amides is 1. The van der Waals surface area contributed by atoms with Gasteiger partial charge in [0.05, 0.1) is 5.92 Å². The van der Waals surface area contributed by atoms with Crippen molar-refractivity contribution in [2.75, 3.05) is 31.1 Å². The quantitative estimate of drug-likeness (QED) is 0.773. The monoisotopic (exact) mass is 370 g/mol. The Morgan fingerprint density at radius 1 is 1.08 bits per heavy atom. The predicted molar refractivity (Wildman–Crippen MR) is 93.4 cm³/mol. The molecule has 0 aromatic heterocycles. The average molecular weight is 370 g/mol. The molecule has 1 unspecified atom stereocenters. The zero-order chi connectivity index (χ0) is 19.1. The van der Waals surface area contributed by atoms with E-state index >= 15 is 0 Å². The maximum atomic E-state index is 12.8. The summed E-state index contributed by atoms with van der Waals surface area (Å²) in [5, 5.41) is 0. The number of benzene rings is 1. The van der Waals surface area contributed by atoms with Gasteiger partial charge >= 0.3 is 12.3 Å². The summed E-state index contributed by atoms with van der Waals surface area (Å²) in [6, 6.07) is 7.66. The normalized spacial score (nSPS) is 21.7. The lowest BCUT2D eigenvalue weighted by molar-refractivity contribution is -0.168. The fraction of sp³-hybridized carbons (Fsp3) is 0.632. The van der Waals surface area contributed by atoms with E-state index in [1.165, 1.54) is 0 Å². The molecule has 2 aliphatic rings. The van der Waals surface area contributed by atoms with Gasteiger partial charge in [0.25, 0.3) is 0 Å². The molecule has 2 aliphatic heterocycles. The average Bonchev–Trinajstić information content (AvgIpc) is 2.94. The number of halogens is 3. The summed E-state index contributed by atoms with van der Waals surface area (Å²) >= 11 is 0. The number of carbonyl (C=O) groups excluding carboxylic acids is 1. The lowest BCUT2D eigenvalue weighted by Gasteiger charge is -2.40. The first-order valence-electron chi connectivity index (χ1n) is 8.92. The first kappa shape index (κ1) is 18.9. The summed E-state index contributed by atoms with van der Waals surface area (Å²) in [5.74, 6) is -0.991. The molecule has 1 amide bonds. The zero-order valence-electron chi connectivity index (χ0n) is 15.3. The summed E-state index contributed by atoms with van der Waals surface area (Å²) in [6.07, 6.45) is -4.27. The summed E-state index contributed by atoms with van der Waals surface area (Å²) in [7, 11) is 0. The van der Waals surface area contributed by atoms with E-state index in [1.807, 2.05) is 45.0 Å². The third kappa shape index (κ3) is 4.24. The van der Waals surface area contributed by atoms with Gasteiger partial charge in [-0.1, -0.05) is 12.1 Å². The van der Waals surface area contributed by atoms with E-state index in [1.54, 1.807) is 9.80 Å². The molecule has 0 bridgehead atoms. The van der Waals surface area contributed by atoms with Crippen LogP contribution in [0.3, 0.4) is 0 Å². The lowest BCUT2D eigenvalue weighted by atomic mass is 9.92. The highest BCUT2D eigenvalue weighted by Crippen LogP contribution is 2.36. The van der Waals surface area contributed by atoms with Crippen molar-refractivity contribution in [1.82, 2.24) is 4.90 Å². The summed E-state index contributed by atoms with van der Waals surface area (Å²) in [4.78, 5) is 15.4. The summed E-state index contributed by atoms with van der Waals surface area (Å²) in [6.45, 7) is 7.17. The molecule has 0 radical (unpaired) electrons. The molecule has 0 aliphatic carbocycles. The van der Waals surface area contributed by atoms with Crippen LogP contribution >= 0.6 is 0 Å². The van der Waals surface area contributed by atoms with Gasteiger partial charge in [0.1, 0.15) is 5.60 Å². The van der Waals surface area contributed by atoms with Crippen LogP contribution in [0.2, 0.25) is 0 Å². The van der Waals surface area contributed by atoms with E-state index in [4.69, 9.17) is 4.74 Å². The summed E-state index contributed by atoms with van der Waals surface area (Å²) < 4.78 is 43.8. The number of ether oxygens (including phenoxy) is 1. The molecule has 0 N–H and O–H groups in total. The Hall–Kier alpha value is -1.92. The van der Waals surface area contributed by atoms with Crippen LogP contribution in [-0.2, 0) is 4.74 Å². The molecule has 0 spiro atoms. The van der Waals surface area contributed by atoms with Gasteiger partial charge in [0.15, 0.2) is 0 Å². The van der Waals surface area contributed by atoms with E-state index < -0.39 is 17.7 Å². The molecule has 144 valence electrons. The van der Waals surface area contributed by atoms with Crippen LogP contribution in [-0.4, -0.2) is 48.9 Å². The standard InChI is InChI=1S/C19H25F3N2O2/c1-18(2,3)26-17(25)24-10-14(11-24)13-4-6-16(7-5-13)23-9-8-15(12-23)19(20,21)22/h4-7,14-15H,8-12H2,1-3H3. The minimum absolute atomic E-state index is 0.0265. The van der Waals surface area contributed by atoms with Crippen molar-refractivity contribution >= 4 is 11.8 Å². The molecular formula is C19H25F3N2O2. The third-order valence-corrected chi connectivity index (χ3v) is 4.91. The van der Waals surface area contributed by atoms with Crippen molar-refractivity contribution in [3.63, 3.8) is 0 Å². The minimum Gasteiger partial charge on any atom is -0.444 e. The molecular weight excluding hydrogens is 345 g/mol. The van der Waals surface area contributed by atoms with Gasteiger partial charge < -0.3 is 14.5 Å². The third-order valence-electron chi connectivity index (χ3n) is 4.91. The van der Waals surface area contributed by atoms with Gasteiger partial charge in [-0.15, -0.1) is 0 Å². The first-order valence-corrected chi connectivity index (χ1v) is 8.92. The molecule has 1 atom stereocenters. The Morgan fingerprint density at radius 2 is 1.69 bits per heavy atom. The molecule has 26 heavy (non-hydrogen) atoms. The number of rotatable bonds is 2. The lowest BCUT2D eigenvalue weighted by Crippen LogP contribution is -2.50. The van der Waals surface area contributed by atoms with Crippen LogP contribution in [0, 0.1) is 5.92 Å². The Bertz CT molecular complexity index is 646. The molecule has 7 heteroatoms. The fourth-order valence-electron chi connectivity index (χ4n) is 3.38. The predicted octanol–water partition coefficient (Wildman–Crippen LogP) is 4.41. The van der Waals surface area contributed by atoms with Crippen molar-refractivity contribution in [1.29, 1.82) is 0 Å². The molecule has 3 rings (SSSR count). The minimum atomic E-state index is -4.12. The highest BCUT2D eigenvalue weighted by molar-refractivity contribution is 5.69. The van der Waals surface area contributed by atoms with Gasteiger partial charge in [0.2, 0.25) is 0 Å². The van der Waals surface area contributed by atoms with Crippen LogP contribution in [0.5, 0.6) is 0 Å². The molecule has 2 heterocycles. The SMILES string of the molecule is CC(C)(C)OC(=O)N1CC(c2ccc(N3CCC(C(F)(F)F)C3)cc2)C1. The van der Waals surface area contributed by atoms with Gasteiger partial charge in [-0.25, -0.2) is 4.79 Å². The van der Waals surface area contributed by atoms with Crippen molar-refractivity contribution in [2.24, 2.45) is 5.92 Å². The first-order chi connectivity index (χ1) is 12.0. The Balaban J connectivity index is 1.53. The highest BCUT2D eigenvalue weighted by Gasteiger charge is 2.43. The Kier molecular flexibility index (Phi) is 4.84. The maximum Gasteiger partial charge on any atom is 0.410 e. The van der Waals surface area contributed by atoms with Crippen molar-refractivity contribution in [2.45, 2.75) is 44.9 Å². The number of nitrogens with zero attached hydrogens (tertiary/aromatic N) is 2. The second-order valence-electron chi connectivity index (χ2n) is 8.15. The number of hydrogen-bond donors (Lipinski definition) is 0. The number of hydrogen-bond acceptors (Lipinski definition) is 3. The van der Waals surface area contributed by atoms with Gasteiger partial charge in [-0.2, -0.15) is 13.2 Å². The van der Waals surface area contributed by atoms with Crippen LogP contribution in [0.1, 0.15) is 38.7 Å². The fourth-order valence-corrected chi connectivity index (χ4v) is 3.38. The largest absolute Gasteiger partial charge is 0.444 e. The molecule has 1 aromatic carbocycles. The van der Waals surface area contributed by atoms with Crippen LogP contribution < -0.4 is 4.90 Å². The zero-order valence-corrected chi connectivity index (χ0v) is 15.3. The van der Waals surface area contributed by atoms with Crippen molar-refractivity contribution in [3.8, 4) is 0 Å². The Morgan fingerprint density at radius 3 is 2.19 bits per heavy atom. The van der Waals surface area contributed by atoms with Gasteiger partial charge in [0, 0.05) is 37.8 Å². The number of likely N-dealkylation sites (tertiary alicyclic amines) is 1. The second kappa shape index (κ2) is 6.67. The highest BCUT2D eigenvalue weighted by atomic mass is 19.4. The van der Waals surface area contributed by atoms with Crippen LogP contribution in [0.15, 0.2) is 24.3 Å². The smallest absolute Gasteiger partial charge is 0.410 e. The maximum absolute atomic E-state index is 12.8. The molecule has 0 saturated carbocycles. The molecule has 2 saturated heterocycles. The Labute approximate surface area is 151 Å². The van der Waals surface area contributed by atoms with E-state index in [9.17, 15) is 18.0 Å². The van der Waals surface area contributed by atoms with Crippen molar-refractivity contribution in [3.05, 3.63) is 29.8 Å². The van der Waals surface area contributed by atoms with E-state index in [0.717, 1.165) is 11.3 Å². The topological polar surface area (TPSA) is 32.8 Å². The van der Waals surface area contributed by atoms with Gasteiger partial charge in [-0.05, 0) is 44.9 Å². The number of anilines is 1. The summed E-state index contributed by atoms with van der Waals surface area (Å²) in [5.41, 5.74) is 1.41. The van der Waals surface area contributed by atoms with Gasteiger partial charge in [-0.3, -0.25) is 0 Å². The second-order valence-corrected chi connectivity index (χ2v) is 8.15. The number of alkyl halides is 3. The van der Waals surface area contributed by atoms with E-state index in [2.05, 4.69) is 0 Å². The van der Waals surface area contributed by atoms with Crippen LogP contribution in [0.25, 0.3) is 0 Å². The van der Waals surface area contributed by atoms with Crippen molar-refractivity contribution < 1.29 is 22.7 Å². The van der Waals surface area contributed by atoms with E-state index in [-0.39, 0.29) is 25.0 Å². The molecule has 4 nitrogen and oxygen atoms in total. The number of carbonyl (C=O) groups is 1.